The lowest BCUT2D eigenvalue weighted by molar-refractivity contribution is -0.384. The molecule has 0 fully saturated rings. The number of hydrogen-bond acceptors (Lipinski definition) is 6. The van der Waals surface area contributed by atoms with Crippen LogP contribution in [0, 0.1) is 10.1 Å². The summed E-state index contributed by atoms with van der Waals surface area (Å²) in [6.45, 7) is 3.17. The van der Waals surface area contributed by atoms with Crippen LogP contribution in [0.4, 0.5) is 5.69 Å². The van der Waals surface area contributed by atoms with Crippen LogP contribution in [-0.2, 0) is 27.9 Å². The molecule has 1 aliphatic carbocycles. The van der Waals surface area contributed by atoms with E-state index in [1.807, 2.05) is 25.1 Å². The van der Waals surface area contributed by atoms with Crippen LogP contribution < -0.4 is 4.74 Å². The molecule has 0 radical (unpaired) electrons. The van der Waals surface area contributed by atoms with E-state index >= 15 is 0 Å². The predicted octanol–water partition coefficient (Wildman–Crippen LogP) is 6.32. The van der Waals surface area contributed by atoms with Crippen molar-refractivity contribution < 1.29 is 24.0 Å². The average Bonchev–Trinajstić information content (AvgIpc) is 3.03. The molecule has 1 amide bonds. The number of esters is 1. The topological polar surface area (TPSA) is 99.0 Å². The molecule has 3 aromatic rings. The van der Waals surface area contributed by atoms with E-state index in [4.69, 9.17) is 9.47 Å². The second-order valence-electron chi connectivity index (χ2n) is 10.6. The number of nitrogens with zero attached hydrogens (tertiary/aromatic N) is 2. The molecule has 1 aliphatic heterocycles. The fourth-order valence-corrected chi connectivity index (χ4v) is 6.03. The van der Waals surface area contributed by atoms with Crippen molar-refractivity contribution in [2.45, 2.75) is 44.6 Å². The van der Waals surface area contributed by atoms with Crippen LogP contribution in [0.2, 0.25) is 0 Å². The summed E-state index contributed by atoms with van der Waals surface area (Å²) >= 11 is 0. The lowest BCUT2D eigenvalue weighted by atomic mass is 9.65. The van der Waals surface area contributed by atoms with Gasteiger partial charge in [-0.3, -0.25) is 19.7 Å². The lowest BCUT2D eigenvalue weighted by Crippen LogP contribution is -2.38. The minimum Gasteiger partial charge on any atom is -0.497 e. The third kappa shape index (κ3) is 5.84. The summed E-state index contributed by atoms with van der Waals surface area (Å²) in [4.78, 5) is 37.8. The fraction of sp³-hybridized carbons (Fsp3) is 0.294. The smallest absolute Gasteiger partial charge is 0.306 e. The molecule has 8 heteroatoms. The number of carbonyl (C=O) groups is 2. The number of non-ortho nitro benzene ring substituents is 1. The van der Waals surface area contributed by atoms with Crippen molar-refractivity contribution in [2.75, 3.05) is 20.3 Å². The number of rotatable bonds is 9. The molecule has 1 unspecified atom stereocenters. The van der Waals surface area contributed by atoms with Crippen molar-refractivity contribution in [3.8, 4) is 5.75 Å². The van der Waals surface area contributed by atoms with Crippen molar-refractivity contribution >= 4 is 17.6 Å². The Balaban J connectivity index is 1.47. The van der Waals surface area contributed by atoms with Gasteiger partial charge in [-0.1, -0.05) is 54.1 Å². The van der Waals surface area contributed by atoms with E-state index in [0.29, 0.717) is 44.5 Å². The number of hydrogen-bond donors (Lipinski definition) is 0. The van der Waals surface area contributed by atoms with Crippen LogP contribution in [0.25, 0.3) is 0 Å². The van der Waals surface area contributed by atoms with Gasteiger partial charge in [0.2, 0.25) is 0 Å². The highest BCUT2D eigenvalue weighted by molar-refractivity contribution is 5.94. The van der Waals surface area contributed by atoms with Gasteiger partial charge < -0.3 is 14.4 Å². The minimum atomic E-state index is -0.470. The number of nitro benzene ring substituents is 1. The van der Waals surface area contributed by atoms with Crippen LogP contribution in [0.1, 0.15) is 58.8 Å². The van der Waals surface area contributed by atoms with Gasteiger partial charge in [-0.2, -0.15) is 0 Å². The van der Waals surface area contributed by atoms with Crippen LogP contribution in [-0.4, -0.2) is 42.0 Å². The fourth-order valence-electron chi connectivity index (χ4n) is 6.03. The van der Waals surface area contributed by atoms with Gasteiger partial charge in [-0.15, -0.1) is 0 Å². The van der Waals surface area contributed by atoms with Gasteiger partial charge in [0.15, 0.2) is 0 Å². The number of carbonyl (C=O) groups excluding carboxylic acids is 2. The molecule has 0 N–H and O–H groups in total. The van der Waals surface area contributed by atoms with E-state index in [9.17, 15) is 19.7 Å². The highest BCUT2D eigenvalue weighted by Gasteiger charge is 2.37. The van der Waals surface area contributed by atoms with Gasteiger partial charge in [0.1, 0.15) is 5.75 Å². The van der Waals surface area contributed by atoms with E-state index in [1.165, 1.54) is 41.0 Å². The summed E-state index contributed by atoms with van der Waals surface area (Å²) in [5.74, 6) is 0.438. The first kappa shape index (κ1) is 28.8. The predicted molar refractivity (Wildman–Crippen MR) is 159 cm³/mol. The Bertz CT molecular complexity index is 1540. The number of nitro groups is 1. The van der Waals surface area contributed by atoms with E-state index in [-0.39, 0.29) is 17.6 Å². The quantitative estimate of drug-likeness (QED) is 0.171. The number of benzene rings is 3. The zero-order valence-electron chi connectivity index (χ0n) is 23.9. The summed E-state index contributed by atoms with van der Waals surface area (Å²) < 4.78 is 10.6. The van der Waals surface area contributed by atoms with Gasteiger partial charge in [0.25, 0.3) is 11.6 Å². The first-order chi connectivity index (χ1) is 20.3. The molecule has 0 bridgehead atoms. The monoisotopic (exact) mass is 566 g/mol. The Hall–Kier alpha value is -4.72. The standard InChI is InChI=1S/C34H34N2O6/c1-3-42-32(37)18-9-24-6-5-20-34(22-24,27-12-16-29(41-2)17-13-27)31-8-4-7-26-23-35(21-19-30(26)31)33(38)25-10-14-28(15-11-25)36(39)40/h4-8,10-17,20H,3,9,18-19,21-23H2,1-2H3. The Labute approximate surface area is 245 Å². The Morgan fingerprint density at radius 1 is 1.05 bits per heavy atom. The molecule has 216 valence electrons. The maximum absolute atomic E-state index is 13.3. The van der Waals surface area contributed by atoms with Crippen LogP contribution >= 0.6 is 0 Å². The van der Waals surface area contributed by atoms with Gasteiger partial charge in [0, 0.05) is 42.6 Å². The summed E-state index contributed by atoms with van der Waals surface area (Å²) in [7, 11) is 1.65. The minimum absolute atomic E-state index is 0.0415. The summed E-state index contributed by atoms with van der Waals surface area (Å²) in [5.41, 5.74) is 5.72. The third-order valence-electron chi connectivity index (χ3n) is 8.14. The van der Waals surface area contributed by atoms with Gasteiger partial charge in [-0.05, 0) is 72.7 Å². The first-order valence-corrected chi connectivity index (χ1v) is 14.2. The number of allylic oxidation sites excluding steroid dienone is 4. The second kappa shape index (κ2) is 12.4. The van der Waals surface area contributed by atoms with Crippen molar-refractivity contribution in [3.05, 3.63) is 128 Å². The maximum Gasteiger partial charge on any atom is 0.306 e. The molecule has 0 saturated carbocycles. The Kier molecular flexibility index (Phi) is 8.52. The van der Waals surface area contributed by atoms with Crippen molar-refractivity contribution in [2.24, 2.45) is 0 Å². The molecule has 1 heterocycles. The molecule has 42 heavy (non-hydrogen) atoms. The number of methoxy groups -OCH3 is 1. The molecular weight excluding hydrogens is 532 g/mol. The molecule has 0 saturated heterocycles. The van der Waals surface area contributed by atoms with E-state index in [0.717, 1.165) is 23.3 Å². The van der Waals surface area contributed by atoms with Crippen LogP contribution in [0.3, 0.4) is 0 Å². The van der Waals surface area contributed by atoms with Gasteiger partial charge in [0.05, 0.1) is 18.6 Å². The highest BCUT2D eigenvalue weighted by atomic mass is 16.6. The molecule has 1 atom stereocenters. The van der Waals surface area contributed by atoms with Crippen LogP contribution in [0.15, 0.2) is 90.5 Å². The molecule has 8 nitrogen and oxygen atoms in total. The number of ether oxygens (including phenoxy) is 2. The summed E-state index contributed by atoms with van der Waals surface area (Å²) in [6, 6.07) is 20.2. The molecular formula is C34H34N2O6. The molecule has 2 aliphatic rings. The van der Waals surface area contributed by atoms with Gasteiger partial charge in [-0.25, -0.2) is 0 Å². The lowest BCUT2D eigenvalue weighted by Gasteiger charge is -2.39. The van der Waals surface area contributed by atoms with Crippen molar-refractivity contribution in [3.63, 3.8) is 0 Å². The van der Waals surface area contributed by atoms with Crippen LogP contribution in [0.5, 0.6) is 5.75 Å². The van der Waals surface area contributed by atoms with E-state index in [1.54, 1.807) is 12.0 Å². The second-order valence-corrected chi connectivity index (χ2v) is 10.6. The summed E-state index contributed by atoms with van der Waals surface area (Å²) in [5, 5.41) is 11.0. The van der Waals surface area contributed by atoms with E-state index in [2.05, 4.69) is 42.5 Å². The zero-order chi connectivity index (χ0) is 29.7. The largest absolute Gasteiger partial charge is 0.497 e. The number of fused-ring (bicyclic) bond motifs is 1. The zero-order valence-corrected chi connectivity index (χ0v) is 23.9. The Morgan fingerprint density at radius 2 is 1.81 bits per heavy atom. The first-order valence-electron chi connectivity index (χ1n) is 14.2. The van der Waals surface area contributed by atoms with Crippen molar-refractivity contribution in [1.29, 1.82) is 0 Å². The molecule has 5 rings (SSSR count). The van der Waals surface area contributed by atoms with E-state index < -0.39 is 10.3 Å². The van der Waals surface area contributed by atoms with Crippen molar-refractivity contribution in [1.82, 2.24) is 4.90 Å². The Morgan fingerprint density at radius 3 is 2.50 bits per heavy atom. The number of amides is 1. The SMILES string of the molecule is CCOC(=O)CCC1=CC=CC(c2ccc(OC)cc2)(c2cccc3c2CCN(C(=O)c2ccc([N+](=O)[O-])cc2)C3)C1. The highest BCUT2D eigenvalue weighted by Crippen LogP contribution is 2.46. The maximum atomic E-state index is 13.3. The summed E-state index contributed by atoms with van der Waals surface area (Å²) in [6.07, 6.45) is 8.77. The third-order valence-corrected chi connectivity index (χ3v) is 8.14. The molecule has 3 aromatic carbocycles. The van der Waals surface area contributed by atoms with Gasteiger partial charge >= 0.3 is 5.97 Å². The molecule has 0 aromatic heterocycles. The average molecular weight is 567 g/mol. The normalized spacial score (nSPS) is 17.7. The molecule has 0 spiro atoms.